The standard InChI is InChI=1S/C18H28N4O2S/c1-11(23)19-16-5-14-7-22(9-18-21-20-12(2)25-18)8-15(14)6-17(16)24-10-13-3-4-13/h13-17H,3-10H2,1-2H3,(H,19,23)/t14-,15+,16-,17-/m1/s1. The maximum absolute atomic E-state index is 11.6. The lowest BCUT2D eigenvalue weighted by Crippen LogP contribution is -2.50. The van der Waals surface area contributed by atoms with Crippen LogP contribution in [0, 0.1) is 24.7 Å². The number of aromatic nitrogens is 2. The summed E-state index contributed by atoms with van der Waals surface area (Å²) in [6.07, 6.45) is 4.88. The van der Waals surface area contributed by atoms with Crippen molar-refractivity contribution < 1.29 is 9.53 Å². The average molecular weight is 365 g/mol. The maximum atomic E-state index is 11.6. The van der Waals surface area contributed by atoms with E-state index in [9.17, 15) is 4.79 Å². The Labute approximate surface area is 153 Å². The van der Waals surface area contributed by atoms with Crippen LogP contribution >= 0.6 is 11.3 Å². The number of carbonyl (C=O) groups excluding carboxylic acids is 1. The number of fused-ring (bicyclic) bond motifs is 1. The number of ether oxygens (including phenoxy) is 1. The smallest absolute Gasteiger partial charge is 0.217 e. The molecular weight excluding hydrogens is 336 g/mol. The largest absolute Gasteiger partial charge is 0.376 e. The highest BCUT2D eigenvalue weighted by Crippen LogP contribution is 2.39. The van der Waals surface area contributed by atoms with E-state index < -0.39 is 0 Å². The first-order valence-electron chi connectivity index (χ1n) is 9.47. The number of hydrogen-bond donors (Lipinski definition) is 1. The molecule has 0 aromatic carbocycles. The number of hydrogen-bond acceptors (Lipinski definition) is 6. The van der Waals surface area contributed by atoms with Gasteiger partial charge in [-0.05, 0) is 50.4 Å². The third kappa shape index (κ3) is 4.38. The molecule has 2 heterocycles. The summed E-state index contributed by atoms with van der Waals surface area (Å²) in [7, 11) is 0. The summed E-state index contributed by atoms with van der Waals surface area (Å²) in [4.78, 5) is 14.1. The molecule has 1 aliphatic heterocycles. The van der Waals surface area contributed by atoms with E-state index in [4.69, 9.17) is 4.74 Å². The van der Waals surface area contributed by atoms with Crippen LogP contribution in [0.5, 0.6) is 0 Å². The van der Waals surface area contributed by atoms with E-state index in [2.05, 4.69) is 20.4 Å². The summed E-state index contributed by atoms with van der Waals surface area (Å²) < 4.78 is 6.23. The molecule has 3 fully saturated rings. The molecule has 25 heavy (non-hydrogen) atoms. The Bertz CT molecular complexity index is 618. The van der Waals surface area contributed by atoms with E-state index >= 15 is 0 Å². The Morgan fingerprint density at radius 1 is 1.28 bits per heavy atom. The third-order valence-electron chi connectivity index (χ3n) is 5.75. The molecule has 1 saturated heterocycles. The maximum Gasteiger partial charge on any atom is 0.217 e. The zero-order chi connectivity index (χ0) is 17.4. The first kappa shape index (κ1) is 17.4. The quantitative estimate of drug-likeness (QED) is 0.836. The Kier molecular flexibility index (Phi) is 5.06. The number of nitrogens with zero attached hydrogens (tertiary/aromatic N) is 3. The second kappa shape index (κ2) is 7.29. The zero-order valence-corrected chi connectivity index (χ0v) is 15.9. The fourth-order valence-electron chi connectivity index (χ4n) is 4.37. The van der Waals surface area contributed by atoms with Crippen LogP contribution in [0.15, 0.2) is 0 Å². The van der Waals surface area contributed by atoms with Crippen LogP contribution in [-0.2, 0) is 16.1 Å². The van der Waals surface area contributed by atoms with Crippen molar-refractivity contribution in [1.29, 1.82) is 0 Å². The Morgan fingerprint density at radius 2 is 2.04 bits per heavy atom. The monoisotopic (exact) mass is 364 g/mol. The minimum Gasteiger partial charge on any atom is -0.376 e. The molecule has 0 unspecified atom stereocenters. The van der Waals surface area contributed by atoms with Gasteiger partial charge < -0.3 is 10.1 Å². The van der Waals surface area contributed by atoms with E-state index in [1.807, 2.05) is 6.92 Å². The van der Waals surface area contributed by atoms with Crippen LogP contribution in [0.25, 0.3) is 0 Å². The minimum atomic E-state index is 0.0580. The second-order valence-corrected chi connectivity index (χ2v) is 9.29. The van der Waals surface area contributed by atoms with Gasteiger partial charge in [0.1, 0.15) is 10.0 Å². The van der Waals surface area contributed by atoms with Gasteiger partial charge >= 0.3 is 0 Å². The molecular formula is C18H28N4O2S. The Morgan fingerprint density at radius 3 is 2.68 bits per heavy atom. The second-order valence-electron chi connectivity index (χ2n) is 8.02. The van der Waals surface area contributed by atoms with Gasteiger partial charge in [0.25, 0.3) is 0 Å². The van der Waals surface area contributed by atoms with Gasteiger partial charge in [-0.25, -0.2) is 0 Å². The van der Waals surface area contributed by atoms with E-state index in [-0.39, 0.29) is 18.1 Å². The fourth-order valence-corrected chi connectivity index (χ4v) is 5.13. The number of carbonyl (C=O) groups is 1. The minimum absolute atomic E-state index is 0.0580. The molecule has 1 amide bonds. The molecule has 0 bridgehead atoms. The van der Waals surface area contributed by atoms with Gasteiger partial charge in [-0.3, -0.25) is 9.69 Å². The summed E-state index contributed by atoms with van der Waals surface area (Å²) >= 11 is 1.69. The van der Waals surface area contributed by atoms with Gasteiger partial charge in [-0.1, -0.05) is 0 Å². The number of nitrogens with one attached hydrogen (secondary N) is 1. The lowest BCUT2D eigenvalue weighted by molar-refractivity contribution is -0.122. The molecule has 3 aliphatic rings. The van der Waals surface area contributed by atoms with E-state index in [0.717, 1.165) is 55.0 Å². The van der Waals surface area contributed by atoms with Crippen LogP contribution in [0.1, 0.15) is 42.6 Å². The van der Waals surface area contributed by atoms with Crippen LogP contribution < -0.4 is 5.32 Å². The first-order chi connectivity index (χ1) is 12.1. The lowest BCUT2D eigenvalue weighted by Gasteiger charge is -2.38. The molecule has 2 saturated carbocycles. The van der Waals surface area contributed by atoms with Crippen molar-refractivity contribution in [1.82, 2.24) is 20.4 Å². The Balaban J connectivity index is 1.37. The molecule has 1 N–H and O–H groups in total. The van der Waals surface area contributed by atoms with Crippen molar-refractivity contribution in [2.45, 2.75) is 58.2 Å². The van der Waals surface area contributed by atoms with E-state index in [1.54, 1.807) is 18.3 Å². The van der Waals surface area contributed by atoms with Crippen molar-refractivity contribution in [3.63, 3.8) is 0 Å². The van der Waals surface area contributed by atoms with Crippen molar-refractivity contribution >= 4 is 17.2 Å². The van der Waals surface area contributed by atoms with Crippen molar-refractivity contribution in [3.05, 3.63) is 10.0 Å². The lowest BCUT2D eigenvalue weighted by atomic mass is 9.77. The molecule has 4 atom stereocenters. The predicted octanol–water partition coefficient (Wildman–Crippen LogP) is 1.99. The molecule has 7 heteroatoms. The molecule has 0 spiro atoms. The summed E-state index contributed by atoms with van der Waals surface area (Å²) in [6.45, 7) is 7.59. The van der Waals surface area contributed by atoms with Crippen molar-refractivity contribution in [2.75, 3.05) is 19.7 Å². The molecule has 138 valence electrons. The number of rotatable bonds is 6. The molecule has 0 radical (unpaired) electrons. The van der Waals surface area contributed by atoms with Gasteiger partial charge in [0.05, 0.1) is 18.7 Å². The van der Waals surface area contributed by atoms with E-state index in [1.165, 1.54) is 12.8 Å². The van der Waals surface area contributed by atoms with E-state index in [0.29, 0.717) is 11.8 Å². The average Bonchev–Trinajstić information content (AvgIpc) is 3.17. The number of amides is 1. The first-order valence-corrected chi connectivity index (χ1v) is 10.3. The Hall–Kier alpha value is -1.05. The van der Waals surface area contributed by atoms with Gasteiger partial charge in [0, 0.05) is 26.6 Å². The molecule has 1 aromatic rings. The highest BCUT2D eigenvalue weighted by molar-refractivity contribution is 7.11. The van der Waals surface area contributed by atoms with Crippen LogP contribution in [-0.4, -0.2) is 52.8 Å². The number of aryl methyl sites for hydroxylation is 1. The van der Waals surface area contributed by atoms with Gasteiger partial charge in [0.2, 0.25) is 5.91 Å². The molecule has 1 aromatic heterocycles. The highest BCUT2D eigenvalue weighted by Gasteiger charge is 2.43. The summed E-state index contributed by atoms with van der Waals surface area (Å²) in [5.41, 5.74) is 0. The van der Waals surface area contributed by atoms with Crippen LogP contribution in [0.2, 0.25) is 0 Å². The summed E-state index contributed by atoms with van der Waals surface area (Å²) in [6, 6.07) is 0.168. The summed E-state index contributed by atoms with van der Waals surface area (Å²) in [5.74, 6) is 2.13. The van der Waals surface area contributed by atoms with Crippen LogP contribution in [0.4, 0.5) is 0 Å². The zero-order valence-electron chi connectivity index (χ0n) is 15.1. The molecule has 2 aliphatic carbocycles. The van der Waals surface area contributed by atoms with Gasteiger partial charge in [0.15, 0.2) is 0 Å². The fraction of sp³-hybridized carbons (Fsp3) is 0.833. The molecule has 4 rings (SSSR count). The molecule has 6 nitrogen and oxygen atoms in total. The van der Waals surface area contributed by atoms with Gasteiger partial charge in [-0.2, -0.15) is 0 Å². The third-order valence-corrected chi connectivity index (χ3v) is 6.57. The number of likely N-dealkylation sites (tertiary alicyclic amines) is 1. The van der Waals surface area contributed by atoms with Crippen molar-refractivity contribution in [3.8, 4) is 0 Å². The van der Waals surface area contributed by atoms with Crippen molar-refractivity contribution in [2.24, 2.45) is 17.8 Å². The topological polar surface area (TPSA) is 67.4 Å². The van der Waals surface area contributed by atoms with Gasteiger partial charge in [-0.15, -0.1) is 21.5 Å². The summed E-state index contributed by atoms with van der Waals surface area (Å²) in [5, 5.41) is 13.7. The normalized spacial score (nSPS) is 32.6. The highest BCUT2D eigenvalue weighted by atomic mass is 32.1. The predicted molar refractivity (Wildman–Crippen MR) is 96.2 cm³/mol. The van der Waals surface area contributed by atoms with Crippen LogP contribution in [0.3, 0.4) is 0 Å². The SMILES string of the molecule is CC(=O)N[C@@H]1C[C@@H]2CN(Cc3nnc(C)s3)C[C@@H]2C[C@H]1OCC1CC1.